The zero-order chi connectivity index (χ0) is 19.5. The lowest BCUT2D eigenvalue weighted by Gasteiger charge is -2.42. The molecule has 1 heteroatoms. The highest BCUT2D eigenvalue weighted by Gasteiger charge is 2.34. The van der Waals surface area contributed by atoms with Crippen molar-refractivity contribution in [1.29, 1.82) is 0 Å². The molecule has 0 saturated heterocycles. The molecule has 0 spiro atoms. The smallest absolute Gasteiger partial charge is 0.0101 e. The van der Waals surface area contributed by atoms with Gasteiger partial charge in [0.25, 0.3) is 0 Å². The van der Waals surface area contributed by atoms with Crippen molar-refractivity contribution in [3.63, 3.8) is 0 Å². The van der Waals surface area contributed by atoms with Crippen LogP contribution in [0.3, 0.4) is 0 Å². The molecule has 0 unspecified atom stereocenters. The summed E-state index contributed by atoms with van der Waals surface area (Å²) in [5.41, 5.74) is 0. The standard InChI is InChI=1S/C28H22S/c1-4-15-24(16-5-1)29(25-17-6-2-7-18-25,26-19-8-3-9-20-26)28-22-12-14-23-13-10-11-21-27(23)28/h1-22H. The van der Waals surface area contributed by atoms with Crippen molar-refractivity contribution in [3.05, 3.63) is 133 Å². The van der Waals surface area contributed by atoms with Crippen LogP contribution in [0.1, 0.15) is 0 Å². The minimum Gasteiger partial charge on any atom is -0.132 e. The summed E-state index contributed by atoms with van der Waals surface area (Å²) in [4.78, 5) is 5.45. The average molecular weight is 391 g/mol. The molecular weight excluding hydrogens is 368 g/mol. The molecule has 0 saturated carbocycles. The molecule has 0 bridgehead atoms. The molecule has 0 amide bonds. The Morgan fingerprint density at radius 3 is 1.28 bits per heavy atom. The zero-order valence-electron chi connectivity index (χ0n) is 16.1. The van der Waals surface area contributed by atoms with Crippen molar-refractivity contribution in [2.45, 2.75) is 19.6 Å². The van der Waals surface area contributed by atoms with Gasteiger partial charge in [-0.2, -0.15) is 0 Å². The maximum atomic E-state index is 2.32. The van der Waals surface area contributed by atoms with Gasteiger partial charge in [0.05, 0.1) is 0 Å². The number of rotatable bonds is 4. The summed E-state index contributed by atoms with van der Waals surface area (Å²) < 4.78 is 0. The van der Waals surface area contributed by atoms with E-state index in [1.807, 2.05) is 0 Å². The highest BCUT2D eigenvalue weighted by Crippen LogP contribution is 2.74. The maximum Gasteiger partial charge on any atom is 0.0101 e. The Hall–Kier alpha value is -3.29. The molecule has 5 aromatic rings. The summed E-state index contributed by atoms with van der Waals surface area (Å²) in [6.45, 7) is 0. The first-order valence-corrected chi connectivity index (χ1v) is 11.5. The van der Waals surface area contributed by atoms with Gasteiger partial charge < -0.3 is 0 Å². The monoisotopic (exact) mass is 390 g/mol. The second-order valence-electron chi connectivity index (χ2n) is 7.03. The third-order valence-electron chi connectivity index (χ3n) is 5.37. The first kappa shape index (κ1) is 17.8. The van der Waals surface area contributed by atoms with Gasteiger partial charge in [-0.05, 0) is 53.2 Å². The van der Waals surface area contributed by atoms with Crippen molar-refractivity contribution < 1.29 is 0 Å². The lowest BCUT2D eigenvalue weighted by molar-refractivity contribution is 1.26. The van der Waals surface area contributed by atoms with E-state index >= 15 is 0 Å². The molecule has 0 radical (unpaired) electrons. The minimum absolute atomic E-state index is 1.28. The molecule has 0 aliphatic carbocycles. The van der Waals surface area contributed by atoms with Gasteiger partial charge in [-0.15, -0.1) is 10.0 Å². The lowest BCUT2D eigenvalue weighted by Crippen LogP contribution is -2.05. The predicted molar refractivity (Wildman–Crippen MR) is 124 cm³/mol. The third-order valence-corrected chi connectivity index (χ3v) is 9.32. The Labute approximate surface area is 173 Å². The molecule has 0 heterocycles. The van der Waals surface area contributed by atoms with Crippen LogP contribution in [0.25, 0.3) is 10.8 Å². The first-order valence-electron chi connectivity index (χ1n) is 9.87. The van der Waals surface area contributed by atoms with Crippen LogP contribution in [0, 0.1) is 0 Å². The van der Waals surface area contributed by atoms with Gasteiger partial charge in [-0.1, -0.05) is 91.0 Å². The molecule has 140 valence electrons. The van der Waals surface area contributed by atoms with Gasteiger partial charge in [0, 0.05) is 19.6 Å². The van der Waals surface area contributed by atoms with Crippen molar-refractivity contribution >= 4 is 20.8 Å². The van der Waals surface area contributed by atoms with E-state index in [-0.39, 0.29) is 0 Å². The largest absolute Gasteiger partial charge is 0.132 e. The molecule has 0 nitrogen and oxygen atoms in total. The number of fused-ring (bicyclic) bond motifs is 1. The fourth-order valence-electron chi connectivity index (χ4n) is 4.13. The van der Waals surface area contributed by atoms with Gasteiger partial charge >= 0.3 is 0 Å². The second-order valence-corrected chi connectivity index (χ2v) is 10.1. The van der Waals surface area contributed by atoms with Crippen LogP contribution in [0.2, 0.25) is 0 Å². The minimum atomic E-state index is -1.64. The maximum absolute atomic E-state index is 2.32. The summed E-state index contributed by atoms with van der Waals surface area (Å²) in [6.07, 6.45) is 0. The summed E-state index contributed by atoms with van der Waals surface area (Å²) in [5.74, 6) is 0. The van der Waals surface area contributed by atoms with E-state index in [1.165, 1.54) is 30.4 Å². The highest BCUT2D eigenvalue weighted by atomic mass is 32.3. The summed E-state index contributed by atoms with van der Waals surface area (Å²) in [5, 5.41) is 2.60. The average Bonchev–Trinajstić information content (AvgIpc) is 2.82. The van der Waals surface area contributed by atoms with E-state index in [9.17, 15) is 0 Å². The van der Waals surface area contributed by atoms with E-state index in [1.54, 1.807) is 0 Å². The van der Waals surface area contributed by atoms with Gasteiger partial charge in [0.2, 0.25) is 0 Å². The van der Waals surface area contributed by atoms with Gasteiger partial charge in [-0.25, -0.2) is 0 Å². The molecule has 0 aliphatic rings. The van der Waals surface area contributed by atoms with Crippen molar-refractivity contribution in [1.82, 2.24) is 0 Å². The van der Waals surface area contributed by atoms with E-state index in [2.05, 4.69) is 133 Å². The molecule has 5 rings (SSSR count). The molecule has 5 aromatic carbocycles. The summed E-state index contributed by atoms with van der Waals surface area (Å²) in [6, 6.07) is 48.5. The Kier molecular flexibility index (Phi) is 4.67. The van der Waals surface area contributed by atoms with E-state index < -0.39 is 10.0 Å². The Morgan fingerprint density at radius 2 is 0.759 bits per heavy atom. The molecule has 29 heavy (non-hydrogen) atoms. The first-order chi connectivity index (χ1) is 14.4. The fourth-order valence-corrected chi connectivity index (χ4v) is 8.20. The summed E-state index contributed by atoms with van der Waals surface area (Å²) in [7, 11) is -1.64. The Balaban J connectivity index is 1.99. The van der Waals surface area contributed by atoms with Gasteiger partial charge in [0.1, 0.15) is 0 Å². The number of benzene rings is 5. The Bertz CT molecular complexity index is 1130. The van der Waals surface area contributed by atoms with Gasteiger partial charge in [0.15, 0.2) is 0 Å². The third kappa shape index (κ3) is 2.95. The second kappa shape index (κ2) is 7.62. The quantitative estimate of drug-likeness (QED) is 0.290. The molecule has 0 aliphatic heterocycles. The van der Waals surface area contributed by atoms with E-state index in [0.717, 1.165) is 0 Å². The normalized spacial score (nSPS) is 12.0. The van der Waals surface area contributed by atoms with Crippen molar-refractivity contribution in [2.75, 3.05) is 0 Å². The van der Waals surface area contributed by atoms with Crippen molar-refractivity contribution in [2.24, 2.45) is 0 Å². The molecule has 0 atom stereocenters. The zero-order valence-corrected chi connectivity index (χ0v) is 16.9. The number of hydrogen-bond donors (Lipinski definition) is 0. The highest BCUT2D eigenvalue weighted by molar-refractivity contribution is 8.34. The van der Waals surface area contributed by atoms with Crippen LogP contribution in [0.4, 0.5) is 0 Å². The van der Waals surface area contributed by atoms with Crippen LogP contribution in [0.15, 0.2) is 153 Å². The molecule has 0 aromatic heterocycles. The van der Waals surface area contributed by atoms with Crippen molar-refractivity contribution in [3.8, 4) is 0 Å². The van der Waals surface area contributed by atoms with E-state index in [4.69, 9.17) is 0 Å². The van der Waals surface area contributed by atoms with Crippen LogP contribution in [-0.4, -0.2) is 0 Å². The fraction of sp³-hybridized carbons (Fsp3) is 0. The van der Waals surface area contributed by atoms with E-state index in [0.29, 0.717) is 0 Å². The lowest BCUT2D eigenvalue weighted by atomic mass is 10.1. The van der Waals surface area contributed by atoms with Crippen LogP contribution in [-0.2, 0) is 0 Å². The molecular formula is C28H22S. The number of hydrogen-bond acceptors (Lipinski definition) is 0. The Morgan fingerprint density at radius 1 is 0.345 bits per heavy atom. The van der Waals surface area contributed by atoms with Gasteiger partial charge in [-0.3, -0.25) is 0 Å². The van der Waals surface area contributed by atoms with Crippen LogP contribution in [0.5, 0.6) is 0 Å². The van der Waals surface area contributed by atoms with Crippen LogP contribution < -0.4 is 0 Å². The molecule has 0 fully saturated rings. The van der Waals surface area contributed by atoms with Crippen LogP contribution >= 0.6 is 10.0 Å². The molecule has 0 N–H and O–H groups in total. The SMILES string of the molecule is c1ccc(S(c2ccccc2)(c2ccccc2)c2cccc3ccccc23)cc1. The topological polar surface area (TPSA) is 0 Å². The summed E-state index contributed by atoms with van der Waals surface area (Å²) >= 11 is 0. The predicted octanol–water partition coefficient (Wildman–Crippen LogP) is 8.18.